The summed E-state index contributed by atoms with van der Waals surface area (Å²) in [6, 6.07) is -0.659. The van der Waals surface area contributed by atoms with Crippen LogP contribution in [0.1, 0.15) is 0 Å². The molecule has 0 aromatic heterocycles. The first kappa shape index (κ1) is 34.4. The molecule has 0 spiro atoms. The van der Waals surface area contributed by atoms with Gasteiger partial charge in [0.1, 0.15) is 4.90 Å². The van der Waals surface area contributed by atoms with Crippen LogP contribution in [0.3, 0.4) is 0 Å². The van der Waals surface area contributed by atoms with Gasteiger partial charge in [-0.25, -0.2) is 0 Å². The topological polar surface area (TPSA) is 43.4 Å². The molecular formula is C16H5F19O3S. The lowest BCUT2D eigenvalue weighted by Gasteiger charge is -2.42. The van der Waals surface area contributed by atoms with Crippen molar-refractivity contribution in [2.45, 2.75) is 52.5 Å². The standard InChI is InChI=1S/C16H5F19O3S/c17-7(8(18)38-39(36,37)6-4-2-1-3-5-6)9(19,20)10(21,22)11(23,24)12(25,26)13(27,28)14(29,30)15(31,32)16(33,34)35/h1-5H. The zero-order chi connectivity index (χ0) is 31.5. The highest BCUT2D eigenvalue weighted by Crippen LogP contribution is 2.64. The molecule has 23 heteroatoms. The van der Waals surface area contributed by atoms with Crippen LogP contribution in [0.25, 0.3) is 0 Å². The van der Waals surface area contributed by atoms with Gasteiger partial charge >= 0.3 is 63.8 Å². The van der Waals surface area contributed by atoms with E-state index < -0.39 is 74.5 Å². The lowest BCUT2D eigenvalue weighted by molar-refractivity contribution is -0.460. The van der Waals surface area contributed by atoms with Crippen LogP contribution in [0.15, 0.2) is 47.1 Å². The summed E-state index contributed by atoms with van der Waals surface area (Å²) in [5, 5.41) is 0. The minimum atomic E-state index is -9.03. The number of benzene rings is 1. The van der Waals surface area contributed by atoms with Crippen molar-refractivity contribution >= 4 is 10.1 Å². The molecule has 0 bridgehead atoms. The van der Waals surface area contributed by atoms with E-state index in [1.807, 2.05) is 0 Å². The Morgan fingerprint density at radius 2 is 0.872 bits per heavy atom. The Kier molecular flexibility index (Phi) is 8.37. The lowest BCUT2D eigenvalue weighted by atomic mass is 9.89. The van der Waals surface area contributed by atoms with Crippen LogP contribution >= 0.6 is 0 Å². The summed E-state index contributed by atoms with van der Waals surface area (Å²) in [5.41, 5.74) is 0. The third-order valence-corrected chi connectivity index (χ3v) is 5.60. The third-order valence-electron chi connectivity index (χ3n) is 4.39. The van der Waals surface area contributed by atoms with E-state index in [9.17, 15) is 91.8 Å². The number of hydrogen-bond donors (Lipinski definition) is 0. The molecular weight excluding hydrogens is 633 g/mol. The van der Waals surface area contributed by atoms with Crippen molar-refractivity contribution in [1.82, 2.24) is 0 Å². The Hall–Kier alpha value is -2.62. The first-order valence-corrected chi connectivity index (χ1v) is 10.1. The van der Waals surface area contributed by atoms with Crippen LogP contribution < -0.4 is 0 Å². The monoisotopic (exact) mass is 638 g/mol. The van der Waals surface area contributed by atoms with Gasteiger partial charge in [-0.1, -0.05) is 18.2 Å². The Morgan fingerprint density at radius 3 is 1.23 bits per heavy atom. The maximum atomic E-state index is 13.7. The van der Waals surface area contributed by atoms with E-state index in [1.165, 1.54) is 0 Å². The van der Waals surface area contributed by atoms with Crippen molar-refractivity contribution in [2.75, 3.05) is 0 Å². The molecule has 0 aliphatic heterocycles. The predicted octanol–water partition coefficient (Wildman–Crippen LogP) is 7.51. The SMILES string of the molecule is O=S(=O)(OC(F)=C(F)C(F)(F)C(F)(F)C(F)(F)C(F)(F)C(F)(F)C(F)(F)C(F)(F)C(F)(F)F)c1ccccc1. The van der Waals surface area contributed by atoms with Crippen LogP contribution in [0.4, 0.5) is 83.4 Å². The fourth-order valence-electron chi connectivity index (χ4n) is 2.19. The number of rotatable bonds is 10. The Morgan fingerprint density at radius 1 is 0.538 bits per heavy atom. The molecule has 0 amide bonds. The smallest absolute Gasteiger partial charge is 0.346 e. The number of halogens is 19. The Labute approximate surface area is 201 Å². The van der Waals surface area contributed by atoms with Gasteiger partial charge in [0.05, 0.1) is 0 Å². The zero-order valence-electron chi connectivity index (χ0n) is 17.2. The van der Waals surface area contributed by atoms with Crippen LogP contribution in [0, 0.1) is 0 Å². The molecule has 1 rings (SSSR count). The summed E-state index contributed by atoms with van der Waals surface area (Å²) in [5.74, 6) is -65.6. The third kappa shape index (κ3) is 4.93. The van der Waals surface area contributed by atoms with Gasteiger partial charge in [0.25, 0.3) is 0 Å². The molecule has 0 radical (unpaired) electrons. The molecule has 39 heavy (non-hydrogen) atoms. The number of allylic oxidation sites excluding steroid dienone is 1. The summed E-state index contributed by atoms with van der Waals surface area (Å²) in [6.45, 7) is 0. The highest BCUT2D eigenvalue weighted by Gasteiger charge is 2.95. The van der Waals surface area contributed by atoms with Crippen molar-refractivity contribution in [3.8, 4) is 0 Å². The van der Waals surface area contributed by atoms with E-state index in [0.29, 0.717) is 12.1 Å². The molecule has 1 aromatic carbocycles. The maximum absolute atomic E-state index is 13.7. The fourth-order valence-corrected chi connectivity index (χ4v) is 3.05. The van der Waals surface area contributed by atoms with E-state index in [2.05, 4.69) is 4.18 Å². The van der Waals surface area contributed by atoms with E-state index in [1.54, 1.807) is 0 Å². The Bertz CT molecular complexity index is 1180. The molecule has 0 atom stereocenters. The van der Waals surface area contributed by atoms with Crippen molar-refractivity contribution in [3.05, 3.63) is 42.2 Å². The average molecular weight is 638 g/mol. The molecule has 0 saturated heterocycles. The van der Waals surface area contributed by atoms with Gasteiger partial charge in [0.15, 0.2) is 0 Å². The molecule has 226 valence electrons. The van der Waals surface area contributed by atoms with Gasteiger partial charge in [0, 0.05) is 0 Å². The van der Waals surface area contributed by atoms with Crippen LogP contribution in [0.5, 0.6) is 0 Å². The fraction of sp³-hybridized carbons (Fsp3) is 0.500. The molecule has 3 nitrogen and oxygen atoms in total. The van der Waals surface area contributed by atoms with Gasteiger partial charge in [-0.2, -0.15) is 91.8 Å². The molecule has 0 aliphatic carbocycles. The minimum Gasteiger partial charge on any atom is -0.346 e. The average Bonchev–Trinajstić information content (AvgIpc) is 2.77. The van der Waals surface area contributed by atoms with Crippen molar-refractivity contribution in [3.63, 3.8) is 0 Å². The second kappa shape index (κ2) is 9.49. The van der Waals surface area contributed by atoms with Crippen molar-refractivity contribution in [2.24, 2.45) is 0 Å². The number of alkyl halides is 17. The first-order chi connectivity index (χ1) is 16.9. The predicted molar refractivity (Wildman–Crippen MR) is 84.6 cm³/mol. The van der Waals surface area contributed by atoms with Crippen LogP contribution in [-0.4, -0.2) is 56.1 Å². The van der Waals surface area contributed by atoms with Gasteiger partial charge < -0.3 is 4.18 Å². The van der Waals surface area contributed by atoms with Gasteiger partial charge in [0.2, 0.25) is 5.83 Å². The molecule has 0 N–H and O–H groups in total. The van der Waals surface area contributed by atoms with E-state index in [0.717, 1.165) is 18.2 Å². The van der Waals surface area contributed by atoms with Gasteiger partial charge in [-0.05, 0) is 12.1 Å². The largest absolute Gasteiger partial charge is 0.460 e. The van der Waals surface area contributed by atoms with Crippen LogP contribution in [0.2, 0.25) is 0 Å². The molecule has 1 aromatic rings. The summed E-state index contributed by atoms with van der Waals surface area (Å²) in [7, 11) is -5.84. The Balaban J connectivity index is 3.69. The normalized spacial score (nSPS) is 16.2. The van der Waals surface area contributed by atoms with Crippen LogP contribution in [-0.2, 0) is 14.3 Å². The molecule has 0 fully saturated rings. The van der Waals surface area contributed by atoms with Gasteiger partial charge in [-0.15, -0.1) is 0 Å². The highest BCUT2D eigenvalue weighted by atomic mass is 32.2. The summed E-state index contributed by atoms with van der Waals surface area (Å²) < 4.78 is 277. The molecule has 0 aliphatic rings. The molecule has 0 saturated carbocycles. The second-order valence-corrected chi connectivity index (χ2v) is 8.50. The van der Waals surface area contributed by atoms with Gasteiger partial charge in [-0.3, -0.25) is 0 Å². The summed E-state index contributed by atoms with van der Waals surface area (Å²) in [4.78, 5) is -1.28. The number of hydrogen-bond acceptors (Lipinski definition) is 3. The quantitative estimate of drug-likeness (QED) is 0.152. The van der Waals surface area contributed by atoms with E-state index in [-0.39, 0.29) is 0 Å². The minimum absolute atomic E-state index is 0.432. The molecule has 0 unspecified atom stereocenters. The zero-order valence-corrected chi connectivity index (χ0v) is 18.0. The van der Waals surface area contributed by atoms with Crippen molar-refractivity contribution < 1.29 is 96.0 Å². The summed E-state index contributed by atoms with van der Waals surface area (Å²) in [6.07, 6.45) is -7.96. The maximum Gasteiger partial charge on any atom is 0.460 e. The van der Waals surface area contributed by atoms with E-state index in [4.69, 9.17) is 0 Å². The lowest BCUT2D eigenvalue weighted by Crippen LogP contribution is -2.74. The first-order valence-electron chi connectivity index (χ1n) is 8.66. The molecule has 0 heterocycles. The van der Waals surface area contributed by atoms with E-state index >= 15 is 0 Å². The van der Waals surface area contributed by atoms with Crippen molar-refractivity contribution in [1.29, 1.82) is 0 Å². The second-order valence-electron chi connectivity index (χ2n) is 6.96. The summed E-state index contributed by atoms with van der Waals surface area (Å²) >= 11 is 0. The highest BCUT2D eigenvalue weighted by molar-refractivity contribution is 7.86.